The van der Waals surface area contributed by atoms with Crippen LogP contribution in [-0.2, 0) is 6.54 Å². The highest BCUT2D eigenvalue weighted by Gasteiger charge is 2.49. The molecule has 2 unspecified atom stereocenters. The summed E-state index contributed by atoms with van der Waals surface area (Å²) in [6.45, 7) is 2.33. The number of ether oxygens (including phenoxy) is 1. The number of nitrogens with one attached hydrogen (secondary N) is 1. The number of nitrogens with zero attached hydrogens (tertiary/aromatic N) is 5. The maximum Gasteiger partial charge on any atom is 0.210 e. The molecule has 7 nitrogen and oxygen atoms in total. The summed E-state index contributed by atoms with van der Waals surface area (Å²) >= 11 is 0. The first-order chi connectivity index (χ1) is 14.2. The Labute approximate surface area is 165 Å². The van der Waals surface area contributed by atoms with E-state index in [-0.39, 0.29) is 11.9 Å². The van der Waals surface area contributed by atoms with Crippen molar-refractivity contribution in [3.05, 3.63) is 65.6 Å². The minimum absolute atomic E-state index is 0.218. The standard InChI is InChI=1S/C21H17FN6O/c1-11-4-5-23-7-13(11)14-8-24-21(28-10-26-27-20(14)28)25-9-15-16(22)2-3-17-19(15)12-6-18(12)29-17/h2-5,7-8,10,12,18H,6,9H2,1H3,(H,24,25). The lowest BCUT2D eigenvalue weighted by Gasteiger charge is -2.14. The molecule has 0 bridgehead atoms. The molecule has 29 heavy (non-hydrogen) atoms. The van der Waals surface area contributed by atoms with E-state index in [1.807, 2.05) is 13.0 Å². The van der Waals surface area contributed by atoms with Crippen molar-refractivity contribution >= 4 is 11.6 Å². The lowest BCUT2D eigenvalue weighted by molar-refractivity contribution is 0.318. The van der Waals surface area contributed by atoms with Crippen LogP contribution in [0.25, 0.3) is 16.8 Å². The molecular weight excluding hydrogens is 371 g/mol. The topological polar surface area (TPSA) is 77.2 Å². The van der Waals surface area contributed by atoms with Crippen LogP contribution in [0.4, 0.5) is 10.3 Å². The fraction of sp³-hybridized carbons (Fsp3) is 0.238. The number of pyridine rings is 1. The number of fused-ring (bicyclic) bond motifs is 4. The number of anilines is 1. The molecule has 1 fully saturated rings. The Balaban J connectivity index is 1.37. The second-order valence-electron chi connectivity index (χ2n) is 7.50. The predicted molar refractivity (Wildman–Crippen MR) is 104 cm³/mol. The molecule has 8 heteroatoms. The van der Waals surface area contributed by atoms with Crippen molar-refractivity contribution in [2.75, 3.05) is 5.32 Å². The van der Waals surface area contributed by atoms with E-state index in [4.69, 9.17) is 4.74 Å². The van der Waals surface area contributed by atoms with Gasteiger partial charge in [-0.25, -0.2) is 9.37 Å². The smallest absolute Gasteiger partial charge is 0.210 e. The van der Waals surface area contributed by atoms with Gasteiger partial charge in [-0.3, -0.25) is 9.38 Å². The molecule has 0 spiro atoms. The summed E-state index contributed by atoms with van der Waals surface area (Å²) < 4.78 is 22.2. The zero-order chi connectivity index (χ0) is 19.5. The van der Waals surface area contributed by atoms with Gasteiger partial charge in [0, 0.05) is 53.3 Å². The summed E-state index contributed by atoms with van der Waals surface area (Å²) in [5, 5.41) is 11.6. The second-order valence-corrected chi connectivity index (χ2v) is 7.50. The van der Waals surface area contributed by atoms with Crippen LogP contribution in [0.3, 0.4) is 0 Å². The predicted octanol–water partition coefficient (Wildman–Crippen LogP) is 3.49. The highest BCUT2D eigenvalue weighted by Crippen LogP contribution is 2.55. The number of benzene rings is 1. The van der Waals surface area contributed by atoms with Gasteiger partial charge in [-0.05, 0) is 37.1 Å². The van der Waals surface area contributed by atoms with E-state index in [0.29, 0.717) is 29.6 Å². The fourth-order valence-corrected chi connectivity index (χ4v) is 4.13. The van der Waals surface area contributed by atoms with Gasteiger partial charge in [0.1, 0.15) is 24.0 Å². The van der Waals surface area contributed by atoms with Gasteiger partial charge in [-0.15, -0.1) is 10.2 Å². The van der Waals surface area contributed by atoms with Crippen LogP contribution >= 0.6 is 0 Å². The van der Waals surface area contributed by atoms with Crippen LogP contribution in [0.15, 0.2) is 43.1 Å². The zero-order valence-electron chi connectivity index (χ0n) is 15.6. The van der Waals surface area contributed by atoms with E-state index in [9.17, 15) is 4.39 Å². The number of hydrogen-bond donors (Lipinski definition) is 1. The third-order valence-electron chi connectivity index (χ3n) is 5.73. The molecule has 0 radical (unpaired) electrons. The highest BCUT2D eigenvalue weighted by molar-refractivity contribution is 5.79. The Bertz CT molecular complexity index is 1270. The van der Waals surface area contributed by atoms with E-state index >= 15 is 0 Å². The van der Waals surface area contributed by atoms with Gasteiger partial charge in [0.05, 0.1) is 0 Å². The van der Waals surface area contributed by atoms with Crippen molar-refractivity contribution in [2.45, 2.75) is 31.9 Å². The average molecular weight is 388 g/mol. The van der Waals surface area contributed by atoms with Gasteiger partial charge in [0.25, 0.3) is 0 Å². The van der Waals surface area contributed by atoms with Crippen molar-refractivity contribution < 1.29 is 9.13 Å². The highest BCUT2D eigenvalue weighted by atomic mass is 19.1. The molecule has 4 aromatic rings. The van der Waals surface area contributed by atoms with Gasteiger partial charge in [0.2, 0.25) is 5.95 Å². The van der Waals surface area contributed by atoms with Crippen molar-refractivity contribution in [1.82, 2.24) is 24.6 Å². The largest absolute Gasteiger partial charge is 0.489 e. The number of halogens is 1. The molecule has 4 heterocycles. The van der Waals surface area contributed by atoms with Gasteiger partial charge in [0.15, 0.2) is 5.65 Å². The molecule has 6 rings (SSSR count). The Morgan fingerprint density at radius 3 is 3.07 bits per heavy atom. The van der Waals surface area contributed by atoms with Crippen LogP contribution in [0.5, 0.6) is 5.75 Å². The van der Waals surface area contributed by atoms with E-state index < -0.39 is 0 Å². The van der Waals surface area contributed by atoms with Crippen molar-refractivity contribution in [1.29, 1.82) is 0 Å². The molecule has 0 amide bonds. The summed E-state index contributed by atoms with van der Waals surface area (Å²) in [6, 6.07) is 5.14. The summed E-state index contributed by atoms with van der Waals surface area (Å²) in [5.41, 5.74) is 5.18. The van der Waals surface area contributed by atoms with Crippen LogP contribution in [0.2, 0.25) is 0 Å². The SMILES string of the molecule is Cc1ccncc1-c1cnc(NCc2c(F)ccc3c2C2CC2O3)n2cnnc12. The lowest BCUT2D eigenvalue weighted by Crippen LogP contribution is -2.10. The Morgan fingerprint density at radius 1 is 1.24 bits per heavy atom. The fourth-order valence-electron chi connectivity index (χ4n) is 4.13. The molecule has 1 aliphatic carbocycles. The number of rotatable bonds is 4. The molecule has 1 saturated carbocycles. The van der Waals surface area contributed by atoms with E-state index in [1.54, 1.807) is 35.4 Å². The van der Waals surface area contributed by atoms with Crippen LogP contribution < -0.4 is 10.1 Å². The van der Waals surface area contributed by atoms with Crippen LogP contribution in [0.1, 0.15) is 29.0 Å². The van der Waals surface area contributed by atoms with E-state index in [1.165, 1.54) is 6.07 Å². The summed E-state index contributed by atoms with van der Waals surface area (Å²) in [7, 11) is 0. The molecule has 1 N–H and O–H groups in total. The van der Waals surface area contributed by atoms with Gasteiger partial charge < -0.3 is 10.1 Å². The first-order valence-electron chi connectivity index (χ1n) is 9.52. The number of hydrogen-bond acceptors (Lipinski definition) is 6. The molecule has 2 aliphatic rings. The van der Waals surface area contributed by atoms with Crippen molar-refractivity contribution in [3.63, 3.8) is 0 Å². The summed E-state index contributed by atoms with van der Waals surface area (Å²) in [6.07, 6.45) is 8.09. The monoisotopic (exact) mass is 388 g/mol. The third kappa shape index (κ3) is 2.48. The first kappa shape index (κ1) is 16.4. The molecule has 0 saturated heterocycles. The minimum Gasteiger partial charge on any atom is -0.489 e. The molecule has 144 valence electrons. The van der Waals surface area contributed by atoms with E-state index in [0.717, 1.165) is 34.4 Å². The molecule has 3 aromatic heterocycles. The maximum atomic E-state index is 14.6. The average Bonchev–Trinajstić information content (AvgIpc) is 3.14. The lowest BCUT2D eigenvalue weighted by atomic mass is 10.0. The van der Waals surface area contributed by atoms with Crippen LogP contribution in [0, 0.1) is 12.7 Å². The van der Waals surface area contributed by atoms with Crippen molar-refractivity contribution in [2.24, 2.45) is 0 Å². The molecule has 2 atom stereocenters. The maximum absolute atomic E-state index is 14.6. The first-order valence-corrected chi connectivity index (χ1v) is 9.52. The van der Waals surface area contributed by atoms with Crippen LogP contribution in [-0.4, -0.2) is 30.7 Å². The third-order valence-corrected chi connectivity index (χ3v) is 5.73. The van der Waals surface area contributed by atoms with Crippen molar-refractivity contribution in [3.8, 4) is 16.9 Å². The van der Waals surface area contributed by atoms with Gasteiger partial charge >= 0.3 is 0 Å². The molecule has 1 aliphatic heterocycles. The molecular formula is C21H17FN6O. The summed E-state index contributed by atoms with van der Waals surface area (Å²) in [4.78, 5) is 8.77. The van der Waals surface area contributed by atoms with Gasteiger partial charge in [-0.1, -0.05) is 0 Å². The van der Waals surface area contributed by atoms with E-state index in [2.05, 4.69) is 25.5 Å². The van der Waals surface area contributed by atoms with Gasteiger partial charge in [-0.2, -0.15) is 0 Å². The number of aryl methyl sites for hydroxylation is 1. The molecule has 1 aromatic carbocycles. The number of aromatic nitrogens is 5. The Morgan fingerprint density at radius 2 is 2.17 bits per heavy atom. The Hall–Kier alpha value is -3.55. The second kappa shape index (κ2) is 5.97. The summed E-state index contributed by atoms with van der Waals surface area (Å²) in [5.74, 6) is 1.44. The normalized spacial score (nSPS) is 19.0. The Kier molecular flexibility index (Phi) is 3.38. The quantitative estimate of drug-likeness (QED) is 0.577. The zero-order valence-corrected chi connectivity index (χ0v) is 15.6. The minimum atomic E-state index is -0.227.